The van der Waals surface area contributed by atoms with Gasteiger partial charge in [-0.1, -0.05) is 32.0 Å². The minimum Gasteiger partial charge on any atom is -0.391 e. The van der Waals surface area contributed by atoms with Crippen molar-refractivity contribution in [1.29, 1.82) is 0 Å². The van der Waals surface area contributed by atoms with Crippen LogP contribution in [-0.4, -0.2) is 44.9 Å². The van der Waals surface area contributed by atoms with E-state index in [-0.39, 0.29) is 17.4 Å². The van der Waals surface area contributed by atoms with Gasteiger partial charge in [0.05, 0.1) is 11.5 Å². The second-order valence-corrected chi connectivity index (χ2v) is 6.82. The summed E-state index contributed by atoms with van der Waals surface area (Å²) in [5.41, 5.74) is 0.120. The fourth-order valence-corrected chi connectivity index (χ4v) is 3.15. The topological polar surface area (TPSA) is 75.4 Å². The van der Waals surface area contributed by atoms with E-state index in [1.807, 2.05) is 13.8 Å². The summed E-state index contributed by atoms with van der Waals surface area (Å²) in [6.07, 6.45) is 0.997. The predicted molar refractivity (Wildman–Crippen MR) is 92.0 cm³/mol. The fraction of sp³-hybridized carbons (Fsp3) is 0.500. The summed E-state index contributed by atoms with van der Waals surface area (Å²) < 4.78 is 1.39. The Kier molecular flexibility index (Phi) is 4.66. The Morgan fingerprint density at radius 3 is 2.71 bits per heavy atom. The van der Waals surface area contributed by atoms with Gasteiger partial charge in [-0.2, -0.15) is 5.10 Å². The SMILES string of the molecule is CC(C)Cn1nc(C(=O)N2CCCC(O)C2)c2ccccc2c1=O. The fourth-order valence-electron chi connectivity index (χ4n) is 3.15. The van der Waals surface area contributed by atoms with E-state index in [1.165, 1.54) is 4.68 Å². The molecule has 3 rings (SSSR count). The summed E-state index contributed by atoms with van der Waals surface area (Å²) in [4.78, 5) is 27.2. The third-order valence-electron chi connectivity index (χ3n) is 4.29. The molecule has 1 N–H and O–H groups in total. The quantitative estimate of drug-likeness (QED) is 0.929. The van der Waals surface area contributed by atoms with Crippen LogP contribution in [0.1, 0.15) is 37.2 Å². The molecule has 6 heteroatoms. The molecule has 1 unspecified atom stereocenters. The Balaban J connectivity index is 2.10. The molecule has 1 atom stereocenters. The number of hydrogen-bond acceptors (Lipinski definition) is 4. The summed E-state index contributed by atoms with van der Waals surface area (Å²) in [6.45, 7) is 5.40. The van der Waals surface area contributed by atoms with Crippen LogP contribution in [-0.2, 0) is 6.54 Å². The Labute approximate surface area is 140 Å². The number of fused-ring (bicyclic) bond motifs is 1. The number of rotatable bonds is 3. The Morgan fingerprint density at radius 1 is 1.33 bits per heavy atom. The number of hydrogen-bond donors (Lipinski definition) is 1. The van der Waals surface area contributed by atoms with Crippen molar-refractivity contribution in [1.82, 2.24) is 14.7 Å². The van der Waals surface area contributed by atoms with E-state index in [0.29, 0.717) is 42.5 Å². The van der Waals surface area contributed by atoms with Gasteiger partial charge in [0.15, 0.2) is 5.69 Å². The van der Waals surface area contributed by atoms with E-state index in [0.717, 1.165) is 6.42 Å². The van der Waals surface area contributed by atoms with Gasteiger partial charge in [0.2, 0.25) is 0 Å². The summed E-state index contributed by atoms with van der Waals surface area (Å²) >= 11 is 0. The molecule has 0 aliphatic carbocycles. The van der Waals surface area contributed by atoms with Gasteiger partial charge >= 0.3 is 0 Å². The summed E-state index contributed by atoms with van der Waals surface area (Å²) in [6, 6.07) is 7.09. The van der Waals surface area contributed by atoms with Crippen LogP contribution >= 0.6 is 0 Å². The summed E-state index contributed by atoms with van der Waals surface area (Å²) in [5, 5.41) is 15.3. The number of aromatic nitrogens is 2. The largest absolute Gasteiger partial charge is 0.391 e. The average molecular weight is 329 g/mol. The second-order valence-electron chi connectivity index (χ2n) is 6.82. The van der Waals surface area contributed by atoms with Gasteiger partial charge in [0, 0.05) is 25.0 Å². The van der Waals surface area contributed by atoms with E-state index in [2.05, 4.69) is 5.10 Å². The van der Waals surface area contributed by atoms with E-state index >= 15 is 0 Å². The number of carbonyl (C=O) groups excluding carboxylic acids is 1. The summed E-state index contributed by atoms with van der Waals surface area (Å²) in [7, 11) is 0. The van der Waals surface area contributed by atoms with Crippen molar-refractivity contribution in [2.24, 2.45) is 5.92 Å². The zero-order valence-corrected chi connectivity index (χ0v) is 14.1. The van der Waals surface area contributed by atoms with Crippen LogP contribution in [0.2, 0.25) is 0 Å². The highest BCUT2D eigenvalue weighted by Gasteiger charge is 2.26. The molecule has 1 aromatic carbocycles. The summed E-state index contributed by atoms with van der Waals surface area (Å²) in [5.74, 6) is 0.0265. The number of piperidine rings is 1. The molecule has 1 amide bonds. The molecule has 1 aromatic heterocycles. The van der Waals surface area contributed by atoms with E-state index < -0.39 is 6.10 Å². The van der Waals surface area contributed by atoms with Crippen molar-refractivity contribution in [3.8, 4) is 0 Å². The number of aliphatic hydroxyl groups is 1. The van der Waals surface area contributed by atoms with Crippen LogP contribution in [0.5, 0.6) is 0 Å². The molecule has 1 fully saturated rings. The maximum absolute atomic E-state index is 12.9. The molecular weight excluding hydrogens is 306 g/mol. The molecule has 6 nitrogen and oxygen atoms in total. The van der Waals surface area contributed by atoms with Crippen molar-refractivity contribution in [2.75, 3.05) is 13.1 Å². The lowest BCUT2D eigenvalue weighted by atomic mass is 10.1. The lowest BCUT2D eigenvalue weighted by molar-refractivity contribution is 0.0468. The first-order valence-corrected chi connectivity index (χ1v) is 8.44. The van der Waals surface area contributed by atoms with Crippen molar-refractivity contribution in [3.05, 3.63) is 40.3 Å². The molecule has 1 saturated heterocycles. The molecule has 0 bridgehead atoms. The van der Waals surface area contributed by atoms with Gasteiger partial charge < -0.3 is 10.0 Å². The van der Waals surface area contributed by atoms with Crippen LogP contribution in [0.25, 0.3) is 10.8 Å². The standard InChI is InChI=1S/C18H23N3O3/c1-12(2)10-21-17(23)15-8-4-3-7-14(15)16(19-21)18(24)20-9-5-6-13(22)11-20/h3-4,7-8,12-13,22H,5-6,9-11H2,1-2H3. The van der Waals surface area contributed by atoms with Crippen molar-refractivity contribution in [3.63, 3.8) is 0 Å². The first-order chi connectivity index (χ1) is 11.5. The monoisotopic (exact) mass is 329 g/mol. The van der Waals surface area contributed by atoms with E-state index in [9.17, 15) is 14.7 Å². The zero-order chi connectivity index (χ0) is 17.3. The van der Waals surface area contributed by atoms with Crippen LogP contribution in [0.15, 0.2) is 29.1 Å². The molecular formula is C18H23N3O3. The number of carbonyl (C=O) groups is 1. The lowest BCUT2D eigenvalue weighted by Crippen LogP contribution is -2.43. The zero-order valence-electron chi connectivity index (χ0n) is 14.1. The van der Waals surface area contributed by atoms with Gasteiger partial charge in [-0.3, -0.25) is 9.59 Å². The van der Waals surface area contributed by atoms with Crippen LogP contribution in [0.4, 0.5) is 0 Å². The highest BCUT2D eigenvalue weighted by Crippen LogP contribution is 2.18. The Bertz CT molecular complexity index is 813. The van der Waals surface area contributed by atoms with Crippen molar-refractivity contribution >= 4 is 16.7 Å². The van der Waals surface area contributed by atoms with Crippen LogP contribution in [0.3, 0.4) is 0 Å². The highest BCUT2D eigenvalue weighted by molar-refractivity contribution is 6.04. The molecule has 1 aliphatic heterocycles. The minimum atomic E-state index is -0.490. The number of amides is 1. The molecule has 0 saturated carbocycles. The number of likely N-dealkylation sites (tertiary alicyclic amines) is 1. The van der Waals surface area contributed by atoms with Gasteiger partial charge in [0.25, 0.3) is 11.5 Å². The van der Waals surface area contributed by atoms with Crippen molar-refractivity contribution in [2.45, 2.75) is 39.3 Å². The first-order valence-electron chi connectivity index (χ1n) is 8.44. The Morgan fingerprint density at radius 2 is 2.04 bits per heavy atom. The maximum atomic E-state index is 12.9. The Hall–Kier alpha value is -2.21. The molecule has 0 spiro atoms. The highest BCUT2D eigenvalue weighted by atomic mass is 16.3. The molecule has 1 aliphatic rings. The van der Waals surface area contributed by atoms with Crippen molar-refractivity contribution < 1.29 is 9.90 Å². The number of aliphatic hydroxyl groups excluding tert-OH is 1. The number of nitrogens with zero attached hydrogens (tertiary/aromatic N) is 3. The van der Waals surface area contributed by atoms with E-state index in [4.69, 9.17) is 0 Å². The third kappa shape index (κ3) is 3.19. The smallest absolute Gasteiger partial charge is 0.275 e. The van der Waals surface area contributed by atoms with Gasteiger partial charge in [-0.05, 0) is 24.8 Å². The molecule has 24 heavy (non-hydrogen) atoms. The van der Waals surface area contributed by atoms with Gasteiger partial charge in [-0.15, -0.1) is 0 Å². The third-order valence-corrected chi connectivity index (χ3v) is 4.29. The molecule has 2 aromatic rings. The number of benzene rings is 1. The van der Waals surface area contributed by atoms with E-state index in [1.54, 1.807) is 29.2 Å². The minimum absolute atomic E-state index is 0.172. The second kappa shape index (κ2) is 6.73. The predicted octanol–water partition coefficient (Wildman–Crippen LogP) is 1.65. The molecule has 128 valence electrons. The number of β-amino-alcohol motifs (C(OH)–C–C–N with tert-alkyl or cyclic N) is 1. The average Bonchev–Trinajstić information content (AvgIpc) is 2.56. The van der Waals surface area contributed by atoms with Gasteiger partial charge in [0.1, 0.15) is 0 Å². The molecule has 2 heterocycles. The first kappa shape index (κ1) is 16.6. The lowest BCUT2D eigenvalue weighted by Gasteiger charge is -2.30. The molecule has 0 radical (unpaired) electrons. The van der Waals surface area contributed by atoms with Crippen LogP contribution in [0, 0.1) is 5.92 Å². The maximum Gasteiger partial charge on any atom is 0.275 e. The van der Waals surface area contributed by atoms with Crippen LogP contribution < -0.4 is 5.56 Å². The van der Waals surface area contributed by atoms with Gasteiger partial charge in [-0.25, -0.2) is 4.68 Å². The normalized spacial score (nSPS) is 18.3.